The van der Waals surface area contributed by atoms with Crippen LogP contribution in [-0.2, 0) is 14.3 Å². The topological polar surface area (TPSA) is 87.7 Å². The Morgan fingerprint density at radius 1 is 0.903 bits per heavy atom. The zero-order valence-electron chi connectivity index (χ0n) is 18.9. The Morgan fingerprint density at radius 2 is 1.48 bits per heavy atom. The quantitative estimate of drug-likeness (QED) is 0.602. The third-order valence-corrected chi connectivity index (χ3v) is 4.95. The predicted octanol–water partition coefficient (Wildman–Crippen LogP) is 3.37. The fourth-order valence-electron chi connectivity index (χ4n) is 3.40. The van der Waals surface area contributed by atoms with Crippen LogP contribution in [0.25, 0.3) is 0 Å². The summed E-state index contributed by atoms with van der Waals surface area (Å²) in [5.41, 5.74) is 5.16. The molecule has 0 saturated carbocycles. The molecule has 0 heterocycles. The third kappa shape index (κ3) is 6.84. The second kappa shape index (κ2) is 11.2. The molecule has 0 atom stereocenters. The minimum Gasteiger partial charge on any atom is -0.452 e. The molecule has 0 aliphatic rings. The fourth-order valence-corrected chi connectivity index (χ4v) is 3.40. The largest absolute Gasteiger partial charge is 0.452 e. The van der Waals surface area contributed by atoms with Gasteiger partial charge in [0.25, 0.3) is 5.91 Å². The van der Waals surface area contributed by atoms with E-state index in [1.807, 2.05) is 45.0 Å². The zero-order valence-corrected chi connectivity index (χ0v) is 18.9. The fraction of sp³-hybridized carbons (Fsp3) is 0.375. The van der Waals surface area contributed by atoms with Gasteiger partial charge in [0.2, 0.25) is 5.91 Å². The molecule has 0 aromatic heterocycles. The van der Waals surface area contributed by atoms with Crippen molar-refractivity contribution < 1.29 is 19.1 Å². The van der Waals surface area contributed by atoms with Gasteiger partial charge in [-0.1, -0.05) is 17.7 Å². The molecule has 2 N–H and O–H groups in total. The number of carbonyl (C=O) groups excluding carboxylic acids is 3. The van der Waals surface area contributed by atoms with E-state index in [0.29, 0.717) is 5.56 Å². The van der Waals surface area contributed by atoms with Gasteiger partial charge in [0, 0.05) is 24.5 Å². The molecule has 0 fully saturated rings. The van der Waals surface area contributed by atoms with Crippen molar-refractivity contribution >= 4 is 29.2 Å². The Labute approximate surface area is 183 Å². The van der Waals surface area contributed by atoms with Gasteiger partial charge in [-0.05, 0) is 70.0 Å². The molecule has 166 valence electrons. The summed E-state index contributed by atoms with van der Waals surface area (Å²) in [6.45, 7) is 11.0. The minimum absolute atomic E-state index is 0.207. The van der Waals surface area contributed by atoms with Gasteiger partial charge in [-0.3, -0.25) is 9.59 Å². The normalized spacial score (nSPS) is 10.4. The maximum absolute atomic E-state index is 12.2. The molecule has 2 amide bonds. The van der Waals surface area contributed by atoms with E-state index in [0.717, 1.165) is 41.2 Å². The number of hydrogen-bond acceptors (Lipinski definition) is 5. The van der Waals surface area contributed by atoms with Crippen LogP contribution < -0.4 is 15.5 Å². The van der Waals surface area contributed by atoms with Crippen molar-refractivity contribution in [2.75, 3.05) is 36.5 Å². The smallest absolute Gasteiger partial charge is 0.338 e. The molecule has 7 heteroatoms. The molecule has 2 aromatic carbocycles. The maximum Gasteiger partial charge on any atom is 0.338 e. The van der Waals surface area contributed by atoms with E-state index in [1.54, 1.807) is 12.1 Å². The lowest BCUT2D eigenvalue weighted by Gasteiger charge is -2.20. The van der Waals surface area contributed by atoms with E-state index >= 15 is 0 Å². The monoisotopic (exact) mass is 425 g/mol. The van der Waals surface area contributed by atoms with E-state index in [9.17, 15) is 14.4 Å². The van der Waals surface area contributed by atoms with Crippen LogP contribution in [0.4, 0.5) is 11.4 Å². The number of rotatable bonds is 9. The second-order valence-electron chi connectivity index (χ2n) is 7.39. The Hall–Kier alpha value is -3.35. The summed E-state index contributed by atoms with van der Waals surface area (Å²) >= 11 is 0. The van der Waals surface area contributed by atoms with Crippen molar-refractivity contribution in [1.29, 1.82) is 0 Å². The van der Waals surface area contributed by atoms with Gasteiger partial charge < -0.3 is 20.3 Å². The highest BCUT2D eigenvalue weighted by Gasteiger charge is 2.13. The summed E-state index contributed by atoms with van der Waals surface area (Å²) in [6, 6.07) is 11.0. The molecule has 2 rings (SSSR count). The first-order chi connectivity index (χ1) is 14.7. The van der Waals surface area contributed by atoms with Crippen molar-refractivity contribution in [2.45, 2.75) is 34.6 Å². The molecule has 0 aliphatic carbocycles. The Bertz CT molecular complexity index is 911. The molecule has 31 heavy (non-hydrogen) atoms. The number of amides is 2. The third-order valence-electron chi connectivity index (χ3n) is 4.95. The number of ether oxygens (including phenoxy) is 1. The summed E-state index contributed by atoms with van der Waals surface area (Å²) in [5, 5.41) is 5.27. The number of nitrogens with one attached hydrogen (secondary N) is 2. The molecular formula is C24H31N3O4. The Kier molecular flexibility index (Phi) is 8.61. The lowest BCUT2D eigenvalue weighted by Crippen LogP contribution is -2.35. The van der Waals surface area contributed by atoms with Crippen LogP contribution in [-0.4, -0.2) is 44.0 Å². The number of benzene rings is 2. The van der Waals surface area contributed by atoms with E-state index in [1.165, 1.54) is 0 Å². The summed E-state index contributed by atoms with van der Waals surface area (Å²) < 4.78 is 5.05. The average molecular weight is 426 g/mol. The number of aryl methyl sites for hydroxylation is 3. The zero-order chi connectivity index (χ0) is 23.0. The van der Waals surface area contributed by atoms with Gasteiger partial charge in [0.1, 0.15) is 0 Å². The van der Waals surface area contributed by atoms with Gasteiger partial charge in [0.05, 0.1) is 12.1 Å². The van der Waals surface area contributed by atoms with E-state index < -0.39 is 18.5 Å². The molecule has 0 saturated heterocycles. The van der Waals surface area contributed by atoms with Gasteiger partial charge >= 0.3 is 5.97 Å². The lowest BCUT2D eigenvalue weighted by atomic mass is 10.1. The number of carbonyl (C=O) groups is 3. The first-order valence-electron chi connectivity index (χ1n) is 10.4. The van der Waals surface area contributed by atoms with Gasteiger partial charge in [-0.2, -0.15) is 0 Å². The molecule has 2 aromatic rings. The molecule has 0 spiro atoms. The first-order valence-corrected chi connectivity index (χ1v) is 10.4. The van der Waals surface area contributed by atoms with Crippen molar-refractivity contribution in [3.8, 4) is 0 Å². The molecule has 0 unspecified atom stereocenters. The summed E-state index contributed by atoms with van der Waals surface area (Å²) in [6.07, 6.45) is 0. The Morgan fingerprint density at radius 3 is 2.03 bits per heavy atom. The predicted molar refractivity (Wildman–Crippen MR) is 123 cm³/mol. The van der Waals surface area contributed by atoms with Crippen LogP contribution in [0, 0.1) is 20.8 Å². The molecule has 7 nitrogen and oxygen atoms in total. The SMILES string of the molecule is CCN(CC)c1ccc(C(=O)OCC(=O)NCC(=O)Nc2c(C)cc(C)cc2C)cc1. The van der Waals surface area contributed by atoms with Crippen LogP contribution in [0.5, 0.6) is 0 Å². The molecule has 0 aliphatic heterocycles. The molecule has 0 bridgehead atoms. The minimum atomic E-state index is -0.586. The van der Waals surface area contributed by atoms with Crippen LogP contribution in [0.15, 0.2) is 36.4 Å². The Balaban J connectivity index is 1.80. The molecule has 0 radical (unpaired) electrons. The second-order valence-corrected chi connectivity index (χ2v) is 7.39. The van der Waals surface area contributed by atoms with Crippen LogP contribution >= 0.6 is 0 Å². The van der Waals surface area contributed by atoms with Crippen LogP contribution in [0.3, 0.4) is 0 Å². The maximum atomic E-state index is 12.2. The van der Waals surface area contributed by atoms with Gasteiger partial charge in [-0.25, -0.2) is 4.79 Å². The summed E-state index contributed by atoms with van der Waals surface area (Å²) in [4.78, 5) is 38.4. The standard InChI is InChI=1S/C24H31N3O4/c1-6-27(7-2)20-10-8-19(9-11-20)24(30)31-15-22(29)25-14-21(28)26-23-17(4)12-16(3)13-18(23)5/h8-13H,6-7,14-15H2,1-5H3,(H,25,29)(H,26,28). The lowest BCUT2D eigenvalue weighted by molar-refractivity contribution is -0.126. The van der Waals surface area contributed by atoms with E-state index in [-0.39, 0.29) is 12.5 Å². The summed E-state index contributed by atoms with van der Waals surface area (Å²) in [5.74, 6) is -1.47. The molecular weight excluding hydrogens is 394 g/mol. The highest BCUT2D eigenvalue weighted by atomic mass is 16.5. The van der Waals surface area contributed by atoms with Gasteiger partial charge in [0.15, 0.2) is 6.61 Å². The van der Waals surface area contributed by atoms with E-state index in [4.69, 9.17) is 4.74 Å². The van der Waals surface area contributed by atoms with Crippen LogP contribution in [0.2, 0.25) is 0 Å². The van der Waals surface area contributed by atoms with Crippen molar-refractivity contribution in [3.05, 3.63) is 58.7 Å². The number of anilines is 2. The highest BCUT2D eigenvalue weighted by Crippen LogP contribution is 2.21. The van der Waals surface area contributed by atoms with Gasteiger partial charge in [-0.15, -0.1) is 0 Å². The van der Waals surface area contributed by atoms with E-state index in [2.05, 4.69) is 29.4 Å². The highest BCUT2D eigenvalue weighted by molar-refractivity contribution is 5.96. The number of nitrogens with zero attached hydrogens (tertiary/aromatic N) is 1. The van der Waals surface area contributed by atoms with Crippen LogP contribution in [0.1, 0.15) is 40.9 Å². The average Bonchev–Trinajstić information content (AvgIpc) is 2.74. The summed E-state index contributed by atoms with van der Waals surface area (Å²) in [7, 11) is 0. The first kappa shape index (κ1) is 23.9. The number of hydrogen-bond donors (Lipinski definition) is 2. The van der Waals surface area contributed by atoms with Crippen molar-refractivity contribution in [1.82, 2.24) is 5.32 Å². The number of esters is 1. The van der Waals surface area contributed by atoms with Crippen molar-refractivity contribution in [2.24, 2.45) is 0 Å². The van der Waals surface area contributed by atoms with Crippen molar-refractivity contribution in [3.63, 3.8) is 0 Å².